The first-order chi connectivity index (χ1) is 15.6. The number of fused-ring (bicyclic) bond motifs is 1. The summed E-state index contributed by atoms with van der Waals surface area (Å²) in [4.78, 5) is 19.2. The molecule has 0 bridgehead atoms. The summed E-state index contributed by atoms with van der Waals surface area (Å²) in [6, 6.07) is 7.83. The van der Waals surface area contributed by atoms with Gasteiger partial charge in [0.25, 0.3) is 0 Å². The molecule has 2 aliphatic rings. The van der Waals surface area contributed by atoms with Crippen LogP contribution in [0.2, 0.25) is 0 Å². The lowest BCUT2D eigenvalue weighted by molar-refractivity contribution is -0.199. The Morgan fingerprint density at radius 1 is 1.12 bits per heavy atom. The zero-order chi connectivity index (χ0) is 23.4. The molecule has 2 fully saturated rings. The van der Waals surface area contributed by atoms with Gasteiger partial charge in [0, 0.05) is 50.0 Å². The average molecular weight is 458 g/mol. The highest BCUT2D eigenvalue weighted by molar-refractivity contribution is 5.97. The topological polar surface area (TPSA) is 63.1 Å². The van der Waals surface area contributed by atoms with E-state index in [0.717, 1.165) is 21.9 Å². The molecule has 1 aliphatic carbocycles. The molecule has 174 valence electrons. The molecule has 0 unspecified atom stereocenters. The van der Waals surface area contributed by atoms with Gasteiger partial charge in [-0.25, -0.2) is 4.98 Å². The van der Waals surface area contributed by atoms with Crippen LogP contribution in [0.5, 0.6) is 0 Å². The van der Waals surface area contributed by atoms with Crippen molar-refractivity contribution in [2.24, 2.45) is 17.9 Å². The minimum absolute atomic E-state index is 0.0170. The fraction of sp³-hybridized carbons (Fsp3) is 0.458. The Hall–Kier alpha value is -2.94. The summed E-state index contributed by atoms with van der Waals surface area (Å²) in [6.45, 7) is 2.57. The molecule has 9 heteroatoms. The number of hydrogen-bond acceptors (Lipinski definition) is 4. The van der Waals surface area contributed by atoms with Crippen molar-refractivity contribution in [1.29, 1.82) is 0 Å². The van der Waals surface area contributed by atoms with Crippen molar-refractivity contribution < 1.29 is 18.0 Å². The summed E-state index contributed by atoms with van der Waals surface area (Å²) in [6.07, 6.45) is 2.19. The molecule has 1 saturated carbocycles. The second-order valence-electron chi connectivity index (χ2n) is 9.55. The van der Waals surface area contributed by atoms with Crippen LogP contribution in [0.4, 0.5) is 19.0 Å². The maximum absolute atomic E-state index is 13.3. The van der Waals surface area contributed by atoms with Gasteiger partial charge in [0.2, 0.25) is 5.91 Å². The first-order valence-electron chi connectivity index (χ1n) is 11.1. The first kappa shape index (κ1) is 21.9. The molecule has 1 aromatic carbocycles. The summed E-state index contributed by atoms with van der Waals surface area (Å²) in [5.74, 6) is 0.254. The van der Waals surface area contributed by atoms with E-state index in [0.29, 0.717) is 25.3 Å². The van der Waals surface area contributed by atoms with E-state index < -0.39 is 17.0 Å². The number of halogens is 3. The molecule has 3 heterocycles. The average Bonchev–Trinajstić information content (AvgIpc) is 3.42. The number of likely N-dealkylation sites (tertiary alicyclic amines) is 1. The van der Waals surface area contributed by atoms with Crippen molar-refractivity contribution in [2.45, 2.75) is 32.4 Å². The number of rotatable bonds is 6. The zero-order valence-electron chi connectivity index (χ0n) is 18.6. The van der Waals surface area contributed by atoms with Crippen LogP contribution in [-0.2, 0) is 11.8 Å². The minimum atomic E-state index is -4.18. The highest BCUT2D eigenvalue weighted by atomic mass is 19.4. The second-order valence-corrected chi connectivity index (χ2v) is 9.55. The number of carbonyl (C=O) groups is 1. The molecule has 0 atom stereocenters. The Morgan fingerprint density at radius 3 is 2.48 bits per heavy atom. The van der Waals surface area contributed by atoms with Crippen molar-refractivity contribution in [3.05, 3.63) is 42.9 Å². The predicted molar refractivity (Wildman–Crippen MR) is 119 cm³/mol. The molecule has 6 nitrogen and oxygen atoms in total. The molecular weight excluding hydrogens is 431 g/mol. The van der Waals surface area contributed by atoms with Gasteiger partial charge in [0.1, 0.15) is 5.82 Å². The third-order valence-electron chi connectivity index (χ3n) is 7.19. The molecule has 5 rings (SSSR count). The van der Waals surface area contributed by atoms with E-state index in [9.17, 15) is 18.0 Å². The number of nitrogens with zero attached hydrogens (tertiary/aromatic N) is 4. The number of hydrogen-bond donors (Lipinski definition) is 1. The fourth-order valence-electron chi connectivity index (χ4n) is 4.77. The van der Waals surface area contributed by atoms with Crippen molar-refractivity contribution in [1.82, 2.24) is 19.7 Å². The van der Waals surface area contributed by atoms with Crippen molar-refractivity contribution in [3.8, 4) is 11.1 Å². The molecule has 1 N–H and O–H groups in total. The van der Waals surface area contributed by atoms with Gasteiger partial charge in [-0.2, -0.15) is 18.3 Å². The smallest absolute Gasteiger partial charge is 0.310 e. The fourth-order valence-corrected chi connectivity index (χ4v) is 4.77. The highest BCUT2D eigenvalue weighted by Gasteiger charge is 2.65. The van der Waals surface area contributed by atoms with Gasteiger partial charge in [-0.15, -0.1) is 0 Å². The molecule has 1 amide bonds. The van der Waals surface area contributed by atoms with Gasteiger partial charge in [-0.3, -0.25) is 9.48 Å². The maximum atomic E-state index is 13.3. The third kappa shape index (κ3) is 3.88. The first-order valence-corrected chi connectivity index (χ1v) is 11.1. The quantitative estimate of drug-likeness (QED) is 0.586. The normalized spacial score (nSPS) is 19.3. The largest absolute Gasteiger partial charge is 0.395 e. The summed E-state index contributed by atoms with van der Waals surface area (Å²) in [5.41, 5.74) is -0.253. The Kier molecular flexibility index (Phi) is 5.00. The van der Waals surface area contributed by atoms with Crippen LogP contribution in [0.3, 0.4) is 0 Å². The van der Waals surface area contributed by atoms with Crippen LogP contribution in [0, 0.1) is 10.8 Å². The lowest BCUT2D eigenvalue weighted by atomic mass is 9.75. The molecule has 33 heavy (non-hydrogen) atoms. The number of anilines is 1. The summed E-state index contributed by atoms with van der Waals surface area (Å²) in [5, 5.41) is 8.99. The van der Waals surface area contributed by atoms with Crippen LogP contribution in [0.1, 0.15) is 26.2 Å². The third-order valence-corrected chi connectivity index (χ3v) is 7.19. The summed E-state index contributed by atoms with van der Waals surface area (Å²) in [7, 11) is 1.86. The second kappa shape index (κ2) is 7.55. The van der Waals surface area contributed by atoms with Crippen molar-refractivity contribution in [2.75, 3.05) is 25.0 Å². The Morgan fingerprint density at radius 2 is 1.88 bits per heavy atom. The van der Waals surface area contributed by atoms with E-state index in [1.165, 1.54) is 0 Å². The van der Waals surface area contributed by atoms with Crippen LogP contribution in [-0.4, -0.2) is 51.4 Å². The minimum Gasteiger partial charge on any atom is -0.310 e. The van der Waals surface area contributed by atoms with E-state index in [-0.39, 0.29) is 25.3 Å². The van der Waals surface area contributed by atoms with E-state index in [2.05, 4.69) is 15.4 Å². The standard InChI is InChI=1S/C24H26F3N5O/c1-3-22(13-32(14-22)15-23(6-7-23)24(25,26)27)21(33)30-20-9-18-8-16(4-5-17(18)10-28-20)19-11-29-31(2)12-19/h4-5,8-12H,3,6-7,13-15H2,1-2H3,(H,28,30,33). The van der Waals surface area contributed by atoms with Gasteiger partial charge in [0.05, 0.1) is 17.0 Å². The number of pyridine rings is 1. The summed E-state index contributed by atoms with van der Waals surface area (Å²) < 4.78 is 41.6. The van der Waals surface area contributed by atoms with E-state index >= 15 is 0 Å². The van der Waals surface area contributed by atoms with Gasteiger partial charge in [-0.1, -0.05) is 19.1 Å². The molecular formula is C24H26F3N5O. The number of aromatic nitrogens is 3. The number of benzene rings is 1. The predicted octanol–water partition coefficient (Wildman–Crippen LogP) is 4.63. The number of alkyl halides is 3. The molecule has 1 saturated heterocycles. The molecule has 3 aromatic rings. The molecule has 2 aromatic heterocycles. The highest BCUT2D eigenvalue weighted by Crippen LogP contribution is 2.58. The summed E-state index contributed by atoms with van der Waals surface area (Å²) >= 11 is 0. The van der Waals surface area contributed by atoms with E-state index in [1.807, 2.05) is 44.4 Å². The van der Waals surface area contributed by atoms with Crippen LogP contribution >= 0.6 is 0 Å². The monoisotopic (exact) mass is 457 g/mol. The van der Waals surface area contributed by atoms with Gasteiger partial charge < -0.3 is 10.2 Å². The number of nitrogens with one attached hydrogen (secondary N) is 1. The van der Waals surface area contributed by atoms with Gasteiger partial charge in [0.15, 0.2) is 0 Å². The van der Waals surface area contributed by atoms with Gasteiger partial charge in [-0.05, 0) is 42.3 Å². The van der Waals surface area contributed by atoms with Crippen LogP contribution < -0.4 is 5.32 Å². The van der Waals surface area contributed by atoms with Gasteiger partial charge >= 0.3 is 6.18 Å². The lowest BCUT2D eigenvalue weighted by Gasteiger charge is -2.49. The van der Waals surface area contributed by atoms with E-state index in [4.69, 9.17) is 0 Å². The molecule has 0 radical (unpaired) electrons. The SMILES string of the molecule is CCC1(C(=O)Nc2cc3cc(-c4cnn(C)c4)ccc3cn2)CN(CC2(C(F)(F)F)CC2)C1. The van der Waals surface area contributed by atoms with Crippen LogP contribution in [0.15, 0.2) is 42.9 Å². The van der Waals surface area contributed by atoms with Crippen molar-refractivity contribution >= 4 is 22.5 Å². The lowest BCUT2D eigenvalue weighted by Crippen LogP contribution is -2.63. The number of amides is 1. The number of aryl methyl sites for hydroxylation is 1. The molecule has 1 aliphatic heterocycles. The Labute approximate surface area is 189 Å². The Balaban J connectivity index is 1.29. The van der Waals surface area contributed by atoms with Crippen molar-refractivity contribution in [3.63, 3.8) is 0 Å². The zero-order valence-corrected chi connectivity index (χ0v) is 18.6. The van der Waals surface area contributed by atoms with E-state index in [1.54, 1.807) is 22.0 Å². The number of carbonyl (C=O) groups excluding carboxylic acids is 1. The molecule has 0 spiro atoms. The maximum Gasteiger partial charge on any atom is 0.395 e. The van der Waals surface area contributed by atoms with Crippen LogP contribution in [0.25, 0.3) is 21.9 Å². The Bertz CT molecular complexity index is 1210.